The summed E-state index contributed by atoms with van der Waals surface area (Å²) < 4.78 is 4.97. The van der Waals surface area contributed by atoms with E-state index in [1.165, 1.54) is 12.1 Å². The molecule has 0 amide bonds. The van der Waals surface area contributed by atoms with Crippen LogP contribution in [0.3, 0.4) is 0 Å². The lowest BCUT2D eigenvalue weighted by molar-refractivity contribution is 0.0127. The predicted octanol–water partition coefficient (Wildman–Crippen LogP) is 1.32. The number of benzene rings is 1. The molecule has 0 aromatic heterocycles. The normalized spacial score (nSPS) is 12.1. The van der Waals surface area contributed by atoms with E-state index in [2.05, 4.69) is 0 Å². The number of ether oxygens (including phenoxy) is 1. The maximum atomic E-state index is 11.5. The van der Waals surface area contributed by atoms with E-state index in [1.54, 1.807) is 19.1 Å². The van der Waals surface area contributed by atoms with Gasteiger partial charge in [-0.15, -0.1) is 0 Å². The Kier molecular flexibility index (Phi) is 4.12. The van der Waals surface area contributed by atoms with Gasteiger partial charge in [0, 0.05) is 0 Å². The molecule has 1 atom stereocenters. The number of hydrogen-bond acceptors (Lipinski definition) is 4. The number of hydrogen-bond donors (Lipinski definition) is 2. The van der Waals surface area contributed by atoms with Gasteiger partial charge >= 0.3 is 5.97 Å². The van der Waals surface area contributed by atoms with Crippen molar-refractivity contribution in [3.8, 4) is 5.75 Å². The lowest BCUT2D eigenvalue weighted by Gasteiger charge is -2.13. The minimum Gasteiger partial charge on any atom is -0.507 e. The Labute approximate surface area is 88.1 Å². The SMILES string of the molecule is CCC(CO)OC(=O)c1ccccc1O. The molecule has 0 saturated heterocycles. The highest BCUT2D eigenvalue weighted by Crippen LogP contribution is 2.17. The molecule has 15 heavy (non-hydrogen) atoms. The Morgan fingerprint density at radius 3 is 2.67 bits per heavy atom. The van der Waals surface area contributed by atoms with Crippen molar-refractivity contribution in [2.24, 2.45) is 0 Å². The van der Waals surface area contributed by atoms with E-state index in [-0.39, 0.29) is 17.9 Å². The minimum atomic E-state index is -0.617. The first-order chi connectivity index (χ1) is 7.19. The number of carbonyl (C=O) groups excluding carboxylic acids is 1. The summed E-state index contributed by atoms with van der Waals surface area (Å²) >= 11 is 0. The number of aliphatic hydroxyl groups excluding tert-OH is 1. The number of phenols is 1. The summed E-state index contributed by atoms with van der Waals surface area (Å²) in [6.07, 6.45) is 0.0210. The topological polar surface area (TPSA) is 66.8 Å². The lowest BCUT2D eigenvalue weighted by atomic mass is 10.2. The number of rotatable bonds is 4. The van der Waals surface area contributed by atoms with Gasteiger partial charge in [-0.25, -0.2) is 4.79 Å². The van der Waals surface area contributed by atoms with Crippen LogP contribution in [-0.4, -0.2) is 28.9 Å². The monoisotopic (exact) mass is 210 g/mol. The van der Waals surface area contributed by atoms with Crippen LogP contribution in [0.5, 0.6) is 5.75 Å². The maximum absolute atomic E-state index is 11.5. The fourth-order valence-electron chi connectivity index (χ4n) is 1.11. The predicted molar refractivity (Wildman–Crippen MR) is 54.7 cm³/mol. The second-order valence-electron chi connectivity index (χ2n) is 3.14. The van der Waals surface area contributed by atoms with Crippen LogP contribution in [0.4, 0.5) is 0 Å². The Hall–Kier alpha value is -1.55. The molecule has 1 aromatic rings. The molecular weight excluding hydrogens is 196 g/mol. The van der Waals surface area contributed by atoms with Gasteiger partial charge in [0.05, 0.1) is 6.61 Å². The molecule has 0 saturated carbocycles. The molecule has 4 nitrogen and oxygen atoms in total. The van der Waals surface area contributed by atoms with Gasteiger partial charge in [-0.1, -0.05) is 19.1 Å². The van der Waals surface area contributed by atoms with Crippen molar-refractivity contribution in [3.05, 3.63) is 29.8 Å². The summed E-state index contributed by atoms with van der Waals surface area (Å²) in [5, 5.41) is 18.2. The second-order valence-corrected chi connectivity index (χ2v) is 3.14. The number of para-hydroxylation sites is 1. The Balaban J connectivity index is 2.73. The number of aromatic hydroxyl groups is 1. The molecule has 1 unspecified atom stereocenters. The van der Waals surface area contributed by atoms with Gasteiger partial charge in [0.15, 0.2) is 0 Å². The summed E-state index contributed by atoms with van der Waals surface area (Å²) in [6.45, 7) is 1.59. The van der Waals surface area contributed by atoms with Crippen molar-refractivity contribution in [2.45, 2.75) is 19.4 Å². The molecule has 0 aliphatic rings. The van der Waals surface area contributed by atoms with E-state index in [0.717, 1.165) is 0 Å². The first-order valence-electron chi connectivity index (χ1n) is 4.78. The average molecular weight is 210 g/mol. The molecule has 0 fully saturated rings. The third-order valence-electron chi connectivity index (χ3n) is 2.06. The van der Waals surface area contributed by atoms with Crippen molar-refractivity contribution >= 4 is 5.97 Å². The van der Waals surface area contributed by atoms with Crippen LogP contribution in [-0.2, 0) is 4.74 Å². The molecule has 0 aliphatic heterocycles. The fourth-order valence-corrected chi connectivity index (χ4v) is 1.11. The van der Waals surface area contributed by atoms with Crippen molar-refractivity contribution in [3.63, 3.8) is 0 Å². The summed E-state index contributed by atoms with van der Waals surface area (Å²) in [5.74, 6) is -0.732. The first kappa shape index (κ1) is 11.5. The van der Waals surface area contributed by atoms with E-state index >= 15 is 0 Å². The Bertz CT molecular complexity index is 331. The Morgan fingerprint density at radius 1 is 1.47 bits per heavy atom. The first-order valence-corrected chi connectivity index (χ1v) is 4.78. The third kappa shape index (κ3) is 2.95. The van der Waals surface area contributed by atoms with Crippen molar-refractivity contribution in [1.29, 1.82) is 0 Å². The number of carbonyl (C=O) groups is 1. The zero-order chi connectivity index (χ0) is 11.3. The number of aliphatic hydroxyl groups is 1. The quantitative estimate of drug-likeness (QED) is 0.735. The summed E-state index contributed by atoms with van der Waals surface area (Å²) in [4.78, 5) is 11.5. The molecule has 1 aromatic carbocycles. The summed E-state index contributed by atoms with van der Waals surface area (Å²) in [5.41, 5.74) is 0.115. The molecule has 1 rings (SSSR count). The lowest BCUT2D eigenvalue weighted by Crippen LogP contribution is -2.21. The van der Waals surface area contributed by atoms with Crippen LogP contribution in [0.2, 0.25) is 0 Å². The van der Waals surface area contributed by atoms with Gasteiger partial charge in [-0.2, -0.15) is 0 Å². The Morgan fingerprint density at radius 2 is 2.13 bits per heavy atom. The van der Waals surface area contributed by atoms with Gasteiger partial charge in [-0.05, 0) is 18.6 Å². The van der Waals surface area contributed by atoms with Crippen molar-refractivity contribution < 1.29 is 19.7 Å². The van der Waals surface area contributed by atoms with Crippen molar-refractivity contribution in [2.75, 3.05) is 6.61 Å². The van der Waals surface area contributed by atoms with Crippen LogP contribution >= 0.6 is 0 Å². The molecule has 0 aliphatic carbocycles. The number of phenolic OH excluding ortho intramolecular Hbond substituents is 1. The molecule has 82 valence electrons. The van der Waals surface area contributed by atoms with E-state index in [1.807, 2.05) is 0 Å². The van der Waals surface area contributed by atoms with Crippen molar-refractivity contribution in [1.82, 2.24) is 0 Å². The second kappa shape index (κ2) is 5.36. The fraction of sp³-hybridized carbons (Fsp3) is 0.364. The molecule has 0 spiro atoms. The zero-order valence-electron chi connectivity index (χ0n) is 8.51. The zero-order valence-corrected chi connectivity index (χ0v) is 8.51. The smallest absolute Gasteiger partial charge is 0.342 e. The maximum Gasteiger partial charge on any atom is 0.342 e. The molecule has 0 bridgehead atoms. The third-order valence-corrected chi connectivity index (χ3v) is 2.06. The van der Waals surface area contributed by atoms with Gasteiger partial charge < -0.3 is 14.9 Å². The standard InChI is InChI=1S/C11H14O4/c1-2-8(7-12)15-11(14)9-5-3-4-6-10(9)13/h3-6,8,12-13H,2,7H2,1H3. The van der Waals surface area contributed by atoms with Gasteiger partial charge in [0.2, 0.25) is 0 Å². The average Bonchev–Trinajstić information content (AvgIpc) is 2.26. The molecule has 4 heteroatoms. The molecule has 0 radical (unpaired) electrons. The highest BCUT2D eigenvalue weighted by molar-refractivity contribution is 5.92. The van der Waals surface area contributed by atoms with Gasteiger partial charge in [0.25, 0.3) is 0 Å². The van der Waals surface area contributed by atoms with E-state index < -0.39 is 12.1 Å². The molecular formula is C11H14O4. The van der Waals surface area contributed by atoms with E-state index in [4.69, 9.17) is 9.84 Å². The van der Waals surface area contributed by atoms with Crippen LogP contribution in [0.1, 0.15) is 23.7 Å². The minimum absolute atomic E-state index is 0.115. The highest BCUT2D eigenvalue weighted by Gasteiger charge is 2.16. The largest absolute Gasteiger partial charge is 0.507 e. The van der Waals surface area contributed by atoms with Crippen LogP contribution in [0, 0.1) is 0 Å². The van der Waals surface area contributed by atoms with E-state index in [9.17, 15) is 9.90 Å². The van der Waals surface area contributed by atoms with Crippen LogP contribution in [0.25, 0.3) is 0 Å². The number of esters is 1. The van der Waals surface area contributed by atoms with Gasteiger partial charge in [-0.3, -0.25) is 0 Å². The van der Waals surface area contributed by atoms with E-state index in [0.29, 0.717) is 6.42 Å². The summed E-state index contributed by atoms with van der Waals surface area (Å²) in [7, 11) is 0. The van der Waals surface area contributed by atoms with Crippen LogP contribution < -0.4 is 0 Å². The molecule has 0 heterocycles. The van der Waals surface area contributed by atoms with Crippen LogP contribution in [0.15, 0.2) is 24.3 Å². The summed E-state index contributed by atoms with van der Waals surface area (Å²) in [6, 6.07) is 6.14. The highest BCUT2D eigenvalue weighted by atomic mass is 16.6. The molecule has 2 N–H and O–H groups in total. The van der Waals surface area contributed by atoms with Gasteiger partial charge in [0.1, 0.15) is 17.4 Å².